The summed E-state index contributed by atoms with van der Waals surface area (Å²) in [5.41, 5.74) is 2.84. The Morgan fingerprint density at radius 3 is 2.35 bits per heavy atom. The number of hydrogen-bond acceptors (Lipinski definition) is 2. The maximum Gasteiger partial charge on any atom is 0.254 e. The summed E-state index contributed by atoms with van der Waals surface area (Å²) >= 11 is 0. The largest absolute Gasteiger partial charge is 0.386 e. The van der Waals surface area contributed by atoms with Gasteiger partial charge in [-0.3, -0.25) is 4.79 Å². The number of fused-ring (bicyclic) bond motifs is 1. The first-order valence-corrected chi connectivity index (χ1v) is 7.76. The molecule has 1 heterocycles. The highest BCUT2D eigenvalue weighted by Crippen LogP contribution is 2.21. The molecule has 0 fully saturated rings. The van der Waals surface area contributed by atoms with Crippen molar-refractivity contribution in [2.45, 2.75) is 25.9 Å². The smallest absolute Gasteiger partial charge is 0.254 e. The molecule has 23 heavy (non-hydrogen) atoms. The van der Waals surface area contributed by atoms with Crippen molar-refractivity contribution >= 4 is 10.9 Å². The number of hydrogen-bond donors (Lipinski definition) is 1. The number of aliphatic hydroxyl groups is 1. The molecule has 0 atom stereocenters. The molecule has 0 amide bonds. The Morgan fingerprint density at radius 1 is 1.04 bits per heavy atom. The summed E-state index contributed by atoms with van der Waals surface area (Å²) < 4.78 is 1.70. The molecule has 3 heteroatoms. The van der Waals surface area contributed by atoms with Crippen molar-refractivity contribution in [2.75, 3.05) is 0 Å². The molecule has 3 rings (SSSR count). The van der Waals surface area contributed by atoms with Crippen LogP contribution in [0.2, 0.25) is 0 Å². The summed E-state index contributed by atoms with van der Waals surface area (Å²) in [7, 11) is 1.81. The summed E-state index contributed by atoms with van der Waals surface area (Å²) in [6.45, 7) is 3.53. The highest BCUT2D eigenvalue weighted by molar-refractivity contribution is 5.79. The zero-order valence-electron chi connectivity index (χ0n) is 13.7. The zero-order chi connectivity index (χ0) is 16.6. The predicted octanol–water partition coefficient (Wildman–Crippen LogP) is 3.36. The highest BCUT2D eigenvalue weighted by atomic mass is 16.3. The van der Waals surface area contributed by atoms with Crippen LogP contribution in [0.15, 0.2) is 59.4 Å². The van der Waals surface area contributed by atoms with Crippen molar-refractivity contribution in [2.24, 2.45) is 7.05 Å². The van der Waals surface area contributed by atoms with E-state index in [1.165, 1.54) is 0 Å². The third kappa shape index (κ3) is 3.06. The van der Waals surface area contributed by atoms with Gasteiger partial charge in [0.05, 0.1) is 11.1 Å². The van der Waals surface area contributed by atoms with Gasteiger partial charge in [-0.1, -0.05) is 42.5 Å². The molecule has 3 aromatic rings. The number of pyridine rings is 1. The molecular weight excluding hydrogens is 286 g/mol. The molecule has 0 spiro atoms. The Kier molecular flexibility index (Phi) is 3.82. The molecule has 1 N–H and O–H groups in total. The minimum Gasteiger partial charge on any atom is -0.386 e. The van der Waals surface area contributed by atoms with E-state index in [-0.39, 0.29) is 5.56 Å². The number of nitrogens with zero attached hydrogens (tertiary/aromatic N) is 1. The summed E-state index contributed by atoms with van der Waals surface area (Å²) in [4.78, 5) is 12.5. The van der Waals surface area contributed by atoms with Crippen molar-refractivity contribution in [1.29, 1.82) is 0 Å². The van der Waals surface area contributed by atoms with Gasteiger partial charge in [0.1, 0.15) is 0 Å². The zero-order valence-corrected chi connectivity index (χ0v) is 13.7. The van der Waals surface area contributed by atoms with Gasteiger partial charge in [-0.2, -0.15) is 0 Å². The van der Waals surface area contributed by atoms with Crippen LogP contribution in [0.3, 0.4) is 0 Å². The second kappa shape index (κ2) is 5.67. The Balaban J connectivity index is 1.99. The third-order valence-corrected chi connectivity index (χ3v) is 4.26. The van der Waals surface area contributed by atoms with E-state index in [2.05, 4.69) is 0 Å². The Hall–Kier alpha value is -2.39. The van der Waals surface area contributed by atoms with Crippen molar-refractivity contribution in [3.8, 4) is 0 Å². The number of rotatable bonds is 3. The normalized spacial score (nSPS) is 11.8. The van der Waals surface area contributed by atoms with E-state index in [4.69, 9.17) is 0 Å². The molecule has 2 aromatic carbocycles. The average molecular weight is 307 g/mol. The van der Waals surface area contributed by atoms with Crippen molar-refractivity contribution in [3.63, 3.8) is 0 Å². The molecule has 0 aliphatic rings. The lowest BCUT2D eigenvalue weighted by Crippen LogP contribution is -2.21. The quantitative estimate of drug-likeness (QED) is 0.806. The number of aryl methyl sites for hydroxylation is 1. The van der Waals surface area contributed by atoms with Crippen LogP contribution in [0.4, 0.5) is 0 Å². The van der Waals surface area contributed by atoms with E-state index < -0.39 is 5.60 Å². The SMILES string of the molecule is Cn1c(=O)c(Cc2ccc(C(C)(C)O)cc2)cc2ccccc21. The van der Waals surface area contributed by atoms with E-state index in [9.17, 15) is 9.90 Å². The maximum absolute atomic E-state index is 12.5. The van der Waals surface area contributed by atoms with Gasteiger partial charge in [-0.15, -0.1) is 0 Å². The molecule has 0 unspecified atom stereocenters. The monoisotopic (exact) mass is 307 g/mol. The second-order valence-electron chi connectivity index (χ2n) is 6.53. The number of benzene rings is 2. The Bertz CT molecular complexity index is 900. The highest BCUT2D eigenvalue weighted by Gasteiger charge is 2.15. The fraction of sp³-hybridized carbons (Fsp3) is 0.250. The van der Waals surface area contributed by atoms with Gasteiger partial charge < -0.3 is 9.67 Å². The molecular formula is C20H21NO2. The summed E-state index contributed by atoms with van der Waals surface area (Å²) in [6, 6.07) is 17.7. The second-order valence-corrected chi connectivity index (χ2v) is 6.53. The molecule has 0 saturated carbocycles. The van der Waals surface area contributed by atoms with Crippen LogP contribution in [0.25, 0.3) is 10.9 Å². The lowest BCUT2D eigenvalue weighted by Gasteiger charge is -2.18. The van der Waals surface area contributed by atoms with E-state index in [1.807, 2.05) is 61.6 Å². The first-order chi connectivity index (χ1) is 10.9. The van der Waals surface area contributed by atoms with Crippen molar-refractivity contribution in [1.82, 2.24) is 4.57 Å². The summed E-state index contributed by atoms with van der Waals surface area (Å²) in [6.07, 6.45) is 0.587. The molecule has 0 aliphatic heterocycles. The van der Waals surface area contributed by atoms with E-state index >= 15 is 0 Å². The maximum atomic E-state index is 12.5. The van der Waals surface area contributed by atoms with Gasteiger partial charge in [0.15, 0.2) is 0 Å². The van der Waals surface area contributed by atoms with Gasteiger partial charge in [0, 0.05) is 19.0 Å². The van der Waals surface area contributed by atoms with Crippen molar-refractivity contribution < 1.29 is 5.11 Å². The molecule has 3 nitrogen and oxygen atoms in total. The molecule has 0 aliphatic carbocycles. The number of para-hydroxylation sites is 1. The third-order valence-electron chi connectivity index (χ3n) is 4.26. The van der Waals surface area contributed by atoms with E-state index in [0.29, 0.717) is 6.42 Å². The summed E-state index contributed by atoms with van der Waals surface area (Å²) in [5, 5.41) is 11.1. The number of aromatic nitrogens is 1. The molecule has 0 radical (unpaired) electrons. The topological polar surface area (TPSA) is 42.2 Å². The minimum atomic E-state index is -0.850. The van der Waals surface area contributed by atoms with Gasteiger partial charge in [0.25, 0.3) is 5.56 Å². The predicted molar refractivity (Wildman–Crippen MR) is 93.7 cm³/mol. The first kappa shape index (κ1) is 15.5. The van der Waals surface area contributed by atoms with Gasteiger partial charge >= 0.3 is 0 Å². The van der Waals surface area contributed by atoms with Crippen molar-refractivity contribution in [3.05, 3.63) is 81.6 Å². The Labute approximate surface area is 135 Å². The van der Waals surface area contributed by atoms with E-state index in [1.54, 1.807) is 18.4 Å². The van der Waals surface area contributed by atoms with Crippen LogP contribution in [-0.4, -0.2) is 9.67 Å². The Morgan fingerprint density at radius 2 is 1.70 bits per heavy atom. The first-order valence-electron chi connectivity index (χ1n) is 7.76. The standard InChI is InChI=1S/C20H21NO2/c1-20(2,23)17-10-8-14(9-11-17)12-16-13-15-6-4-5-7-18(15)21(3)19(16)22/h4-11,13,23H,12H2,1-3H3. The molecule has 0 saturated heterocycles. The lowest BCUT2D eigenvalue weighted by atomic mass is 9.96. The fourth-order valence-corrected chi connectivity index (χ4v) is 2.87. The minimum absolute atomic E-state index is 0.0373. The van der Waals surface area contributed by atoms with E-state index in [0.717, 1.165) is 27.6 Å². The van der Waals surface area contributed by atoms with Crippen LogP contribution in [0.5, 0.6) is 0 Å². The fourth-order valence-electron chi connectivity index (χ4n) is 2.87. The van der Waals surface area contributed by atoms with Crippen LogP contribution < -0.4 is 5.56 Å². The van der Waals surface area contributed by atoms with Crippen LogP contribution >= 0.6 is 0 Å². The molecule has 0 bridgehead atoms. The van der Waals surface area contributed by atoms with Gasteiger partial charge in [-0.25, -0.2) is 0 Å². The molecule has 1 aromatic heterocycles. The van der Waals surface area contributed by atoms with Crippen LogP contribution in [-0.2, 0) is 19.1 Å². The lowest BCUT2D eigenvalue weighted by molar-refractivity contribution is 0.0786. The van der Waals surface area contributed by atoms with Gasteiger partial charge in [-0.05, 0) is 42.5 Å². The van der Waals surface area contributed by atoms with Crippen LogP contribution in [0, 0.1) is 0 Å². The summed E-state index contributed by atoms with van der Waals surface area (Å²) in [5.74, 6) is 0. The van der Waals surface area contributed by atoms with Crippen LogP contribution in [0.1, 0.15) is 30.5 Å². The average Bonchev–Trinajstić information content (AvgIpc) is 2.52. The molecule has 118 valence electrons. The van der Waals surface area contributed by atoms with Gasteiger partial charge in [0.2, 0.25) is 0 Å².